The van der Waals surface area contributed by atoms with E-state index < -0.39 is 0 Å². The lowest BCUT2D eigenvalue weighted by Gasteiger charge is -2.38. The van der Waals surface area contributed by atoms with Crippen LogP contribution >= 0.6 is 0 Å². The minimum Gasteiger partial charge on any atom is -0.481 e. The van der Waals surface area contributed by atoms with Crippen LogP contribution in [0.15, 0.2) is 36.9 Å². The van der Waals surface area contributed by atoms with Gasteiger partial charge in [0.15, 0.2) is 0 Å². The van der Waals surface area contributed by atoms with E-state index in [1.165, 1.54) is 0 Å². The SMILES string of the molecule is COc1ccc([C@@H](Nc2ncnc3[nH]ccc23)C2CC(O)C2)cn1. The Bertz CT molecular complexity index is 826. The lowest BCUT2D eigenvalue weighted by Crippen LogP contribution is -2.36. The van der Waals surface area contributed by atoms with Crippen molar-refractivity contribution in [1.82, 2.24) is 19.9 Å². The van der Waals surface area contributed by atoms with Crippen LogP contribution in [0.3, 0.4) is 0 Å². The second kappa shape index (κ2) is 6.09. The Morgan fingerprint density at radius 3 is 2.83 bits per heavy atom. The standard InChI is InChI=1S/C17H19N5O2/c1-24-14-3-2-10(8-19-14)15(11-6-12(23)7-11)22-17-13-4-5-18-16(13)20-9-21-17/h2-5,8-9,11-12,15,23H,6-7H2,1H3,(H2,18,20,21,22)/t11?,12?,15-/m1/s1. The number of rotatable bonds is 5. The highest BCUT2D eigenvalue weighted by Gasteiger charge is 2.35. The third kappa shape index (κ3) is 2.67. The molecule has 24 heavy (non-hydrogen) atoms. The number of nitrogens with zero attached hydrogens (tertiary/aromatic N) is 3. The number of aliphatic hydroxyl groups is 1. The molecular formula is C17H19N5O2. The van der Waals surface area contributed by atoms with Crippen molar-refractivity contribution < 1.29 is 9.84 Å². The summed E-state index contributed by atoms with van der Waals surface area (Å²) < 4.78 is 5.14. The summed E-state index contributed by atoms with van der Waals surface area (Å²) in [6, 6.07) is 5.84. The Hall–Kier alpha value is -2.67. The Labute approximate surface area is 139 Å². The smallest absolute Gasteiger partial charge is 0.212 e. The predicted octanol–water partition coefficient (Wildman–Crippen LogP) is 2.29. The summed E-state index contributed by atoms with van der Waals surface area (Å²) in [6.45, 7) is 0. The third-order valence-electron chi connectivity index (χ3n) is 4.59. The number of aliphatic hydroxyl groups excluding tert-OH is 1. The number of methoxy groups -OCH3 is 1. The van der Waals surface area contributed by atoms with Gasteiger partial charge in [-0.25, -0.2) is 15.0 Å². The summed E-state index contributed by atoms with van der Waals surface area (Å²) >= 11 is 0. The van der Waals surface area contributed by atoms with Crippen LogP contribution in [0.25, 0.3) is 11.0 Å². The molecular weight excluding hydrogens is 306 g/mol. The maximum absolute atomic E-state index is 9.71. The van der Waals surface area contributed by atoms with Crippen molar-refractivity contribution in [3.8, 4) is 5.88 Å². The van der Waals surface area contributed by atoms with Crippen molar-refractivity contribution in [3.05, 3.63) is 42.5 Å². The molecule has 1 atom stereocenters. The molecule has 3 aromatic rings. The molecule has 0 radical (unpaired) electrons. The van der Waals surface area contributed by atoms with Crippen LogP contribution < -0.4 is 10.1 Å². The molecule has 3 heterocycles. The molecule has 4 rings (SSSR count). The highest BCUT2D eigenvalue weighted by atomic mass is 16.5. The van der Waals surface area contributed by atoms with E-state index in [4.69, 9.17) is 4.74 Å². The van der Waals surface area contributed by atoms with E-state index in [1.54, 1.807) is 13.4 Å². The predicted molar refractivity (Wildman–Crippen MR) is 89.8 cm³/mol. The molecule has 1 aliphatic rings. The van der Waals surface area contributed by atoms with Crippen LogP contribution in [0.4, 0.5) is 5.82 Å². The van der Waals surface area contributed by atoms with E-state index in [1.807, 2.05) is 30.6 Å². The fraction of sp³-hybridized carbons (Fsp3) is 0.353. The molecule has 1 saturated carbocycles. The Kier molecular flexibility index (Phi) is 3.78. The number of H-pyrrole nitrogens is 1. The largest absolute Gasteiger partial charge is 0.481 e. The second-order valence-corrected chi connectivity index (χ2v) is 6.10. The van der Waals surface area contributed by atoms with E-state index in [9.17, 15) is 5.11 Å². The van der Waals surface area contributed by atoms with E-state index in [-0.39, 0.29) is 12.1 Å². The zero-order valence-corrected chi connectivity index (χ0v) is 13.3. The molecule has 0 spiro atoms. The Morgan fingerprint density at radius 1 is 1.25 bits per heavy atom. The lowest BCUT2D eigenvalue weighted by atomic mass is 9.75. The summed E-state index contributed by atoms with van der Waals surface area (Å²) in [5.41, 5.74) is 1.85. The van der Waals surface area contributed by atoms with Gasteiger partial charge >= 0.3 is 0 Å². The highest BCUT2D eigenvalue weighted by molar-refractivity contribution is 5.86. The fourth-order valence-corrected chi connectivity index (χ4v) is 3.21. The first-order valence-electron chi connectivity index (χ1n) is 7.97. The van der Waals surface area contributed by atoms with Gasteiger partial charge in [0.2, 0.25) is 5.88 Å². The van der Waals surface area contributed by atoms with Crippen LogP contribution in [0.1, 0.15) is 24.4 Å². The average Bonchev–Trinajstić information content (AvgIpc) is 3.07. The Balaban J connectivity index is 1.66. The van der Waals surface area contributed by atoms with Gasteiger partial charge in [0.1, 0.15) is 17.8 Å². The molecule has 1 aliphatic carbocycles. The first-order valence-corrected chi connectivity index (χ1v) is 7.97. The van der Waals surface area contributed by atoms with Gasteiger partial charge in [-0.3, -0.25) is 0 Å². The molecule has 0 aliphatic heterocycles. The van der Waals surface area contributed by atoms with Crippen LogP contribution in [-0.2, 0) is 0 Å². The van der Waals surface area contributed by atoms with E-state index in [0.29, 0.717) is 11.8 Å². The average molecular weight is 325 g/mol. The topological polar surface area (TPSA) is 96.0 Å². The number of pyridine rings is 1. The molecule has 7 nitrogen and oxygen atoms in total. The third-order valence-corrected chi connectivity index (χ3v) is 4.59. The molecule has 0 saturated heterocycles. The minimum atomic E-state index is -0.219. The number of aromatic amines is 1. The molecule has 0 unspecified atom stereocenters. The number of hydrogen-bond acceptors (Lipinski definition) is 6. The van der Waals surface area contributed by atoms with Gasteiger partial charge in [0, 0.05) is 18.5 Å². The molecule has 0 amide bonds. The number of ether oxygens (including phenoxy) is 1. The van der Waals surface area contributed by atoms with E-state index >= 15 is 0 Å². The van der Waals surface area contributed by atoms with E-state index in [2.05, 4.69) is 25.3 Å². The summed E-state index contributed by atoms with van der Waals surface area (Å²) in [5.74, 6) is 1.70. The normalized spacial score (nSPS) is 21.2. The first kappa shape index (κ1) is 14.9. The maximum Gasteiger partial charge on any atom is 0.212 e. The zero-order valence-electron chi connectivity index (χ0n) is 13.3. The molecule has 7 heteroatoms. The van der Waals surface area contributed by atoms with Gasteiger partial charge in [-0.2, -0.15) is 0 Å². The number of aromatic nitrogens is 4. The lowest BCUT2D eigenvalue weighted by molar-refractivity contribution is 0.0339. The zero-order chi connectivity index (χ0) is 16.5. The summed E-state index contributed by atoms with van der Waals surface area (Å²) in [7, 11) is 1.60. The van der Waals surface area contributed by atoms with Gasteiger partial charge in [0.05, 0.1) is 24.6 Å². The van der Waals surface area contributed by atoms with Gasteiger partial charge in [-0.05, 0) is 30.4 Å². The molecule has 1 fully saturated rings. The minimum absolute atomic E-state index is 0.0276. The molecule has 0 bridgehead atoms. The number of fused-ring (bicyclic) bond motifs is 1. The van der Waals surface area contributed by atoms with Crippen molar-refractivity contribution in [1.29, 1.82) is 0 Å². The van der Waals surface area contributed by atoms with Gasteiger partial charge in [0.25, 0.3) is 0 Å². The quantitative estimate of drug-likeness (QED) is 0.666. The van der Waals surface area contributed by atoms with Crippen LogP contribution in [-0.4, -0.2) is 38.3 Å². The molecule has 3 aromatic heterocycles. The maximum atomic E-state index is 9.71. The van der Waals surface area contributed by atoms with Crippen molar-refractivity contribution in [2.75, 3.05) is 12.4 Å². The summed E-state index contributed by atoms with van der Waals surface area (Å²) in [5, 5.41) is 14.2. The van der Waals surface area contributed by atoms with Crippen molar-refractivity contribution in [3.63, 3.8) is 0 Å². The monoisotopic (exact) mass is 325 g/mol. The second-order valence-electron chi connectivity index (χ2n) is 6.10. The van der Waals surface area contributed by atoms with Gasteiger partial charge in [-0.1, -0.05) is 6.07 Å². The van der Waals surface area contributed by atoms with E-state index in [0.717, 1.165) is 35.3 Å². The van der Waals surface area contributed by atoms with Crippen LogP contribution in [0, 0.1) is 5.92 Å². The van der Waals surface area contributed by atoms with Crippen LogP contribution in [0.5, 0.6) is 5.88 Å². The highest BCUT2D eigenvalue weighted by Crippen LogP contribution is 2.40. The van der Waals surface area contributed by atoms with Crippen molar-refractivity contribution >= 4 is 16.9 Å². The van der Waals surface area contributed by atoms with Crippen LogP contribution in [0.2, 0.25) is 0 Å². The summed E-state index contributed by atoms with van der Waals surface area (Å²) in [4.78, 5) is 16.0. The Morgan fingerprint density at radius 2 is 2.12 bits per heavy atom. The molecule has 124 valence electrons. The fourth-order valence-electron chi connectivity index (χ4n) is 3.21. The molecule has 3 N–H and O–H groups in total. The van der Waals surface area contributed by atoms with Gasteiger partial charge < -0.3 is 20.1 Å². The number of anilines is 1. The summed E-state index contributed by atoms with van der Waals surface area (Å²) in [6.07, 6.45) is 6.53. The number of hydrogen-bond donors (Lipinski definition) is 3. The van der Waals surface area contributed by atoms with Crippen molar-refractivity contribution in [2.24, 2.45) is 5.92 Å². The van der Waals surface area contributed by atoms with Crippen molar-refractivity contribution in [2.45, 2.75) is 25.0 Å². The number of nitrogens with one attached hydrogen (secondary N) is 2. The van der Waals surface area contributed by atoms with Gasteiger partial charge in [-0.15, -0.1) is 0 Å². The first-order chi connectivity index (χ1) is 11.7. The molecule has 0 aromatic carbocycles.